The highest BCUT2D eigenvalue weighted by Gasteiger charge is 2.06. The number of aromatic nitrogens is 2. The van der Waals surface area contributed by atoms with E-state index >= 15 is 0 Å². The topological polar surface area (TPSA) is 62.2 Å². The van der Waals surface area contributed by atoms with Gasteiger partial charge in [-0.15, -0.1) is 0 Å². The smallest absolute Gasteiger partial charge is 0.328 e. The average molecular weight is 305 g/mol. The number of aryl methyl sites for hydroxylation is 1. The van der Waals surface area contributed by atoms with Gasteiger partial charge in [-0.1, -0.05) is 31.3 Å². The Morgan fingerprint density at radius 2 is 1.90 bits per heavy atom. The van der Waals surface area contributed by atoms with Crippen molar-refractivity contribution in [3.8, 4) is 5.75 Å². The molecule has 0 amide bonds. The summed E-state index contributed by atoms with van der Waals surface area (Å²) in [6.07, 6.45) is 4.51. The molecule has 0 fully saturated rings. The maximum atomic E-state index is 12.0. The van der Waals surface area contributed by atoms with Gasteiger partial charge in [0.25, 0.3) is 0 Å². The lowest BCUT2D eigenvalue weighted by Gasteiger charge is -2.10. The maximum Gasteiger partial charge on any atom is 0.328 e. The summed E-state index contributed by atoms with van der Waals surface area (Å²) >= 11 is 4.99. The van der Waals surface area contributed by atoms with Gasteiger partial charge in [-0.3, -0.25) is 9.13 Å². The average Bonchev–Trinajstić information content (AvgIpc) is 2.81. The summed E-state index contributed by atoms with van der Waals surface area (Å²) in [5, 5.41) is 0. The van der Waals surface area contributed by atoms with E-state index in [0.717, 1.165) is 13.0 Å². The van der Waals surface area contributed by atoms with Gasteiger partial charge in [-0.05, 0) is 18.6 Å². The van der Waals surface area contributed by atoms with E-state index in [4.69, 9.17) is 22.7 Å². The molecule has 1 aromatic heterocycles. The molecular weight excluding hydrogens is 286 g/mol. The fraction of sp³-hybridized carbons (Fsp3) is 0.333. The van der Waals surface area contributed by atoms with Crippen LogP contribution in [0.25, 0.3) is 0 Å². The molecule has 0 saturated heterocycles. The Labute approximate surface area is 129 Å². The van der Waals surface area contributed by atoms with Gasteiger partial charge in [0.1, 0.15) is 17.3 Å². The van der Waals surface area contributed by atoms with Crippen LogP contribution in [0, 0.1) is 0 Å². The third-order valence-corrected chi connectivity index (χ3v) is 3.34. The van der Waals surface area contributed by atoms with E-state index < -0.39 is 0 Å². The summed E-state index contributed by atoms with van der Waals surface area (Å²) < 4.78 is 9.03. The van der Waals surface area contributed by atoms with Crippen LogP contribution in [0.15, 0.2) is 41.5 Å². The molecule has 1 aromatic carbocycles. The largest absolute Gasteiger partial charge is 0.491 e. The zero-order chi connectivity index (χ0) is 15.2. The monoisotopic (exact) mass is 305 g/mol. The van der Waals surface area contributed by atoms with Crippen molar-refractivity contribution in [1.29, 1.82) is 0 Å². The van der Waals surface area contributed by atoms with Crippen molar-refractivity contribution >= 4 is 17.2 Å². The van der Waals surface area contributed by atoms with Crippen molar-refractivity contribution in [2.45, 2.75) is 26.4 Å². The van der Waals surface area contributed by atoms with Crippen molar-refractivity contribution in [2.75, 3.05) is 6.61 Å². The van der Waals surface area contributed by atoms with Gasteiger partial charge >= 0.3 is 5.69 Å². The highest BCUT2D eigenvalue weighted by atomic mass is 32.1. The Morgan fingerprint density at radius 1 is 1.24 bits per heavy atom. The summed E-state index contributed by atoms with van der Waals surface area (Å²) in [6, 6.07) is 7.36. The fourth-order valence-electron chi connectivity index (χ4n) is 2.08. The normalized spacial score (nSPS) is 10.5. The SMILES string of the molecule is CCCn1ccn(CCOc2ccccc2C(N)=S)c1=O. The number of nitrogens with zero attached hydrogens (tertiary/aromatic N) is 2. The highest BCUT2D eigenvalue weighted by Crippen LogP contribution is 2.17. The van der Waals surface area contributed by atoms with Crippen LogP contribution in [-0.2, 0) is 13.1 Å². The van der Waals surface area contributed by atoms with E-state index in [1.807, 2.05) is 31.2 Å². The van der Waals surface area contributed by atoms with E-state index in [0.29, 0.717) is 29.5 Å². The molecule has 2 N–H and O–H groups in total. The first kappa shape index (κ1) is 15.3. The second-order valence-corrected chi connectivity index (χ2v) is 5.12. The zero-order valence-electron chi connectivity index (χ0n) is 12.0. The van der Waals surface area contributed by atoms with Gasteiger partial charge in [0, 0.05) is 18.9 Å². The van der Waals surface area contributed by atoms with Crippen LogP contribution in [0.3, 0.4) is 0 Å². The van der Waals surface area contributed by atoms with Crippen LogP contribution in [0.1, 0.15) is 18.9 Å². The Bertz CT molecular complexity index is 676. The number of imidazole rings is 1. The van der Waals surface area contributed by atoms with Crippen molar-refractivity contribution in [2.24, 2.45) is 5.73 Å². The Kier molecular flexibility index (Phi) is 5.16. The van der Waals surface area contributed by atoms with Gasteiger partial charge in [-0.2, -0.15) is 0 Å². The summed E-state index contributed by atoms with van der Waals surface area (Å²) in [7, 11) is 0. The molecule has 0 aliphatic carbocycles. The first-order valence-electron chi connectivity index (χ1n) is 6.90. The first-order valence-corrected chi connectivity index (χ1v) is 7.31. The van der Waals surface area contributed by atoms with E-state index in [1.165, 1.54) is 0 Å². The second-order valence-electron chi connectivity index (χ2n) is 4.68. The zero-order valence-corrected chi connectivity index (χ0v) is 12.8. The van der Waals surface area contributed by atoms with E-state index in [-0.39, 0.29) is 5.69 Å². The Morgan fingerprint density at radius 3 is 2.57 bits per heavy atom. The second kappa shape index (κ2) is 7.08. The molecular formula is C15H19N3O2S. The molecule has 2 aromatic rings. The van der Waals surface area contributed by atoms with Gasteiger partial charge in [0.15, 0.2) is 0 Å². The number of thiocarbonyl (C=S) groups is 1. The molecule has 2 rings (SSSR count). The van der Waals surface area contributed by atoms with Crippen molar-refractivity contribution in [1.82, 2.24) is 9.13 Å². The standard InChI is InChI=1S/C15H19N3O2S/c1-2-7-17-8-9-18(15(17)19)10-11-20-13-6-4-3-5-12(13)14(16)21/h3-6,8-9H,2,7,10-11H2,1H3,(H2,16,21). The minimum atomic E-state index is -0.0110. The first-order chi connectivity index (χ1) is 10.1. The minimum Gasteiger partial charge on any atom is -0.491 e. The number of hydrogen-bond donors (Lipinski definition) is 1. The van der Waals surface area contributed by atoms with Crippen LogP contribution in [0.2, 0.25) is 0 Å². The van der Waals surface area contributed by atoms with Crippen LogP contribution >= 0.6 is 12.2 Å². The van der Waals surface area contributed by atoms with Gasteiger partial charge < -0.3 is 10.5 Å². The number of hydrogen-bond acceptors (Lipinski definition) is 3. The van der Waals surface area contributed by atoms with Crippen molar-refractivity contribution in [3.63, 3.8) is 0 Å². The number of ether oxygens (including phenoxy) is 1. The predicted octanol–water partition coefficient (Wildman–Crippen LogP) is 1.77. The highest BCUT2D eigenvalue weighted by molar-refractivity contribution is 7.80. The summed E-state index contributed by atoms with van der Waals surface area (Å²) in [6.45, 7) is 3.65. The maximum absolute atomic E-state index is 12.0. The van der Waals surface area contributed by atoms with Crippen molar-refractivity contribution in [3.05, 3.63) is 52.7 Å². The summed E-state index contributed by atoms with van der Waals surface area (Å²) in [5.74, 6) is 0.644. The van der Waals surface area contributed by atoms with Crippen LogP contribution in [0.4, 0.5) is 0 Å². The van der Waals surface area contributed by atoms with Crippen LogP contribution in [0.5, 0.6) is 5.75 Å². The van der Waals surface area contributed by atoms with Gasteiger partial charge in [0.2, 0.25) is 0 Å². The lowest BCUT2D eigenvalue weighted by molar-refractivity contribution is 0.295. The molecule has 0 aliphatic rings. The Balaban J connectivity index is 1.99. The van der Waals surface area contributed by atoms with Crippen LogP contribution < -0.4 is 16.2 Å². The van der Waals surface area contributed by atoms with E-state index in [9.17, 15) is 4.79 Å². The molecule has 0 saturated carbocycles. The summed E-state index contributed by atoms with van der Waals surface area (Å²) in [4.78, 5) is 12.3. The third kappa shape index (κ3) is 3.72. The minimum absolute atomic E-state index is 0.0110. The lowest BCUT2D eigenvalue weighted by Crippen LogP contribution is -2.26. The number of para-hydroxylation sites is 1. The van der Waals surface area contributed by atoms with Gasteiger partial charge in [-0.25, -0.2) is 4.79 Å². The molecule has 0 spiro atoms. The van der Waals surface area contributed by atoms with E-state index in [1.54, 1.807) is 21.5 Å². The molecule has 21 heavy (non-hydrogen) atoms. The third-order valence-electron chi connectivity index (χ3n) is 3.12. The summed E-state index contributed by atoms with van der Waals surface area (Å²) in [5.41, 5.74) is 6.35. The predicted molar refractivity (Wildman–Crippen MR) is 86.8 cm³/mol. The number of rotatable bonds is 7. The molecule has 6 heteroatoms. The molecule has 112 valence electrons. The number of benzene rings is 1. The fourth-order valence-corrected chi connectivity index (χ4v) is 2.25. The molecule has 5 nitrogen and oxygen atoms in total. The molecule has 1 heterocycles. The molecule has 0 radical (unpaired) electrons. The van der Waals surface area contributed by atoms with E-state index in [2.05, 4.69) is 0 Å². The lowest BCUT2D eigenvalue weighted by atomic mass is 10.2. The van der Waals surface area contributed by atoms with Gasteiger partial charge in [0.05, 0.1) is 12.1 Å². The molecule has 0 bridgehead atoms. The quantitative estimate of drug-likeness (QED) is 0.792. The number of nitrogens with two attached hydrogens (primary N) is 1. The molecule has 0 unspecified atom stereocenters. The molecule has 0 aliphatic heterocycles. The van der Waals surface area contributed by atoms with Crippen molar-refractivity contribution < 1.29 is 4.74 Å². The Hall–Kier alpha value is -2.08. The van der Waals surface area contributed by atoms with Crippen LogP contribution in [-0.4, -0.2) is 20.7 Å². The molecule has 0 atom stereocenters.